The molecule has 0 saturated carbocycles. The van der Waals surface area contributed by atoms with Gasteiger partial charge in [0.15, 0.2) is 22.3 Å². The van der Waals surface area contributed by atoms with Crippen molar-refractivity contribution in [2.45, 2.75) is 0 Å². The molecule has 0 fully saturated rings. The largest absolute Gasteiger partial charge is 0.453 e. The van der Waals surface area contributed by atoms with Gasteiger partial charge in [0.05, 0.1) is 0 Å². The third-order valence-electron chi connectivity index (χ3n) is 8.48. The number of pyridine rings is 2. The van der Waals surface area contributed by atoms with Gasteiger partial charge in [0.25, 0.3) is 0 Å². The van der Waals surface area contributed by atoms with E-state index in [1.807, 2.05) is 103 Å². The maximum atomic E-state index is 10.4. The minimum Gasteiger partial charge on any atom is -0.453 e. The lowest BCUT2D eigenvalue weighted by atomic mass is 10.1. The van der Waals surface area contributed by atoms with Crippen molar-refractivity contribution < 1.29 is 8.83 Å². The summed E-state index contributed by atoms with van der Waals surface area (Å²) >= 11 is 0. The monoisotopic (exact) mass is 619 g/mol. The molecule has 9 aromatic rings. The van der Waals surface area contributed by atoms with Crippen molar-refractivity contribution in [1.29, 1.82) is 5.26 Å². The number of aromatic nitrogens is 2. The summed E-state index contributed by atoms with van der Waals surface area (Å²) in [4.78, 5) is 14.5. The van der Waals surface area contributed by atoms with Gasteiger partial charge in [-0.15, -0.1) is 0 Å². The Hall–Kier alpha value is -6.91. The Labute approximate surface area is 275 Å². The second-order valence-corrected chi connectivity index (χ2v) is 11.4. The topological polar surface area (TPSA) is 82.3 Å². The number of nitriles is 1. The lowest BCUT2D eigenvalue weighted by Crippen LogP contribution is -2.11. The van der Waals surface area contributed by atoms with Crippen LogP contribution in [0.5, 0.6) is 0 Å². The summed E-state index contributed by atoms with van der Waals surface area (Å²) in [5.74, 6) is 1.44. The quantitative estimate of drug-likeness (QED) is 0.183. The SMILES string of the molecule is N#Cc1c2oc3ccc(N(c4ccccc4)c4ccccc4)nc3c2cc2c1oc1ccc(N(c3ccccc3)c3ccccc3)nc12. The van der Waals surface area contributed by atoms with Crippen LogP contribution in [0.25, 0.3) is 44.1 Å². The number of anilines is 6. The van der Waals surface area contributed by atoms with Gasteiger partial charge in [0.2, 0.25) is 0 Å². The van der Waals surface area contributed by atoms with E-state index >= 15 is 0 Å². The molecule has 0 bridgehead atoms. The molecule has 7 heteroatoms. The van der Waals surface area contributed by atoms with Crippen LogP contribution in [0.4, 0.5) is 34.4 Å². The van der Waals surface area contributed by atoms with Crippen LogP contribution >= 0.6 is 0 Å². The van der Waals surface area contributed by atoms with E-state index in [1.165, 1.54) is 0 Å². The lowest BCUT2D eigenvalue weighted by molar-refractivity contribution is 0.653. The fraction of sp³-hybridized carbons (Fsp3) is 0. The Morgan fingerprint density at radius 1 is 0.458 bits per heavy atom. The van der Waals surface area contributed by atoms with Gasteiger partial charge in [-0.2, -0.15) is 5.26 Å². The standard InChI is InChI=1S/C41H25N5O2/c42-26-33-40-31(38-34(47-40)21-23-36(43-38)45(27-13-5-1-6-14-27)28-15-7-2-8-16-28)25-32-39-35(48-41(32)33)22-24-37(44-39)46(29-17-9-3-10-18-29)30-19-11-4-12-20-30/h1-25H. The first-order chi connectivity index (χ1) is 23.8. The molecule has 4 heterocycles. The highest BCUT2D eigenvalue weighted by atomic mass is 16.3. The van der Waals surface area contributed by atoms with Crippen molar-refractivity contribution in [2.24, 2.45) is 0 Å². The number of benzene rings is 5. The Morgan fingerprint density at radius 2 is 0.812 bits per heavy atom. The average molecular weight is 620 g/mol. The van der Waals surface area contributed by atoms with E-state index in [0.29, 0.717) is 38.9 Å². The Morgan fingerprint density at radius 3 is 1.15 bits per heavy atom. The van der Waals surface area contributed by atoms with Crippen LogP contribution in [0.2, 0.25) is 0 Å². The molecule has 0 saturated heterocycles. The average Bonchev–Trinajstić information content (AvgIpc) is 3.70. The van der Waals surface area contributed by atoms with Crippen molar-refractivity contribution in [3.05, 3.63) is 157 Å². The van der Waals surface area contributed by atoms with Gasteiger partial charge in [0.1, 0.15) is 34.3 Å². The van der Waals surface area contributed by atoms with Crippen molar-refractivity contribution in [3.8, 4) is 6.07 Å². The van der Waals surface area contributed by atoms with Gasteiger partial charge >= 0.3 is 0 Å². The Kier molecular flexibility index (Phi) is 6.37. The summed E-state index contributed by atoms with van der Waals surface area (Å²) in [6, 6.07) is 52.5. The highest BCUT2D eigenvalue weighted by Crippen LogP contribution is 2.42. The van der Waals surface area contributed by atoms with Crippen molar-refractivity contribution in [2.75, 3.05) is 9.80 Å². The molecular formula is C41H25N5O2. The minimum absolute atomic E-state index is 0.313. The zero-order valence-electron chi connectivity index (χ0n) is 25.5. The van der Waals surface area contributed by atoms with Crippen LogP contribution in [0, 0.1) is 11.3 Å². The van der Waals surface area contributed by atoms with Gasteiger partial charge in [-0.1, -0.05) is 72.8 Å². The molecule has 0 radical (unpaired) electrons. The first kappa shape index (κ1) is 27.4. The maximum Gasteiger partial charge on any atom is 0.158 e. The van der Waals surface area contributed by atoms with E-state index in [4.69, 9.17) is 18.8 Å². The van der Waals surface area contributed by atoms with Crippen LogP contribution in [-0.2, 0) is 0 Å². The minimum atomic E-state index is 0.313. The lowest BCUT2D eigenvalue weighted by Gasteiger charge is -2.24. The molecule has 0 aliphatic carbocycles. The first-order valence-electron chi connectivity index (χ1n) is 15.6. The van der Waals surface area contributed by atoms with Crippen LogP contribution in [0.3, 0.4) is 0 Å². The smallest absolute Gasteiger partial charge is 0.158 e. The zero-order valence-corrected chi connectivity index (χ0v) is 25.5. The summed E-state index contributed by atoms with van der Waals surface area (Å²) < 4.78 is 12.6. The third kappa shape index (κ3) is 4.43. The van der Waals surface area contributed by atoms with E-state index in [-0.39, 0.29) is 0 Å². The molecule has 0 unspecified atom stereocenters. The molecule has 0 spiro atoms. The fourth-order valence-electron chi connectivity index (χ4n) is 6.34. The van der Waals surface area contributed by atoms with E-state index in [1.54, 1.807) is 0 Å². The molecule has 48 heavy (non-hydrogen) atoms. The van der Waals surface area contributed by atoms with Crippen LogP contribution in [0.15, 0.2) is 160 Å². The fourth-order valence-corrected chi connectivity index (χ4v) is 6.34. The number of rotatable bonds is 6. The first-order valence-corrected chi connectivity index (χ1v) is 15.6. The molecule has 0 amide bonds. The number of para-hydroxylation sites is 4. The van der Waals surface area contributed by atoms with Crippen molar-refractivity contribution in [3.63, 3.8) is 0 Å². The molecule has 4 aromatic heterocycles. The molecule has 226 valence electrons. The van der Waals surface area contributed by atoms with Gasteiger partial charge < -0.3 is 8.83 Å². The summed E-state index contributed by atoms with van der Waals surface area (Å²) in [5.41, 5.74) is 7.54. The van der Waals surface area contributed by atoms with Gasteiger partial charge in [0, 0.05) is 33.5 Å². The number of furan rings is 2. The molecule has 0 N–H and O–H groups in total. The predicted molar refractivity (Wildman–Crippen MR) is 191 cm³/mol. The summed E-state index contributed by atoms with van der Waals surface area (Å²) in [5, 5.41) is 11.9. The van der Waals surface area contributed by atoms with Gasteiger partial charge in [-0.3, -0.25) is 9.80 Å². The molecule has 9 rings (SSSR count). The van der Waals surface area contributed by atoms with E-state index < -0.39 is 0 Å². The predicted octanol–water partition coefficient (Wildman–Crippen LogP) is 11.1. The van der Waals surface area contributed by atoms with Gasteiger partial charge in [-0.25, -0.2) is 9.97 Å². The number of hydrogen-bond donors (Lipinski definition) is 0. The second-order valence-electron chi connectivity index (χ2n) is 11.4. The molecule has 5 aromatic carbocycles. The van der Waals surface area contributed by atoms with E-state index in [2.05, 4.69) is 64.4 Å². The number of hydrogen-bond acceptors (Lipinski definition) is 7. The number of fused-ring (bicyclic) bond motifs is 6. The Balaban J connectivity index is 1.27. The molecule has 0 atom stereocenters. The van der Waals surface area contributed by atoms with Crippen molar-refractivity contribution in [1.82, 2.24) is 9.97 Å². The Bertz CT molecular complexity index is 2370. The molecule has 0 aliphatic heterocycles. The highest BCUT2D eigenvalue weighted by molar-refractivity contribution is 6.16. The molecule has 0 aliphatic rings. The summed E-state index contributed by atoms with van der Waals surface area (Å²) in [6.45, 7) is 0. The summed E-state index contributed by atoms with van der Waals surface area (Å²) in [7, 11) is 0. The number of nitrogens with zero attached hydrogens (tertiary/aromatic N) is 5. The van der Waals surface area contributed by atoms with E-state index in [9.17, 15) is 5.26 Å². The van der Waals surface area contributed by atoms with E-state index in [0.717, 1.165) is 45.2 Å². The third-order valence-corrected chi connectivity index (χ3v) is 8.48. The van der Waals surface area contributed by atoms with Crippen LogP contribution in [0.1, 0.15) is 5.56 Å². The second kappa shape index (κ2) is 11.2. The molecular weight excluding hydrogens is 594 g/mol. The molecule has 7 nitrogen and oxygen atoms in total. The van der Waals surface area contributed by atoms with Gasteiger partial charge in [-0.05, 0) is 78.9 Å². The summed E-state index contributed by atoms with van der Waals surface area (Å²) in [6.07, 6.45) is 0. The zero-order chi connectivity index (χ0) is 32.0. The van der Waals surface area contributed by atoms with Crippen molar-refractivity contribution >= 4 is 78.5 Å². The maximum absolute atomic E-state index is 10.4. The van der Waals surface area contributed by atoms with Crippen LogP contribution < -0.4 is 9.80 Å². The normalized spacial score (nSPS) is 11.3. The highest BCUT2D eigenvalue weighted by Gasteiger charge is 2.24. The van der Waals surface area contributed by atoms with Crippen LogP contribution in [-0.4, -0.2) is 9.97 Å².